The van der Waals surface area contributed by atoms with Gasteiger partial charge in [0.1, 0.15) is 4.75 Å². The van der Waals surface area contributed by atoms with Gasteiger partial charge in [0.2, 0.25) is 10.0 Å². The Hall–Kier alpha value is -0.810. The summed E-state index contributed by atoms with van der Waals surface area (Å²) in [6.45, 7) is 1.71. The predicted octanol–water partition coefficient (Wildman–Crippen LogP) is 2.31. The van der Waals surface area contributed by atoms with Crippen molar-refractivity contribution in [3.05, 3.63) is 48.8 Å². The highest BCUT2D eigenvalue weighted by atomic mass is 79.9. The Bertz CT molecular complexity index is 530. The zero-order valence-electron chi connectivity index (χ0n) is 8.75. The molecule has 2 rings (SSSR count). The Morgan fingerprint density at radius 1 is 1.25 bits per heavy atom. The van der Waals surface area contributed by atoms with Crippen molar-refractivity contribution < 1.29 is 8.42 Å². The molecule has 2 atom stereocenters. The number of nitrogens with zero attached hydrogens (tertiary/aromatic N) is 1. The zero-order valence-corrected chi connectivity index (χ0v) is 11.1. The number of hydrogen-bond acceptors (Lipinski definition) is 2. The Labute approximate surface area is 104 Å². The summed E-state index contributed by atoms with van der Waals surface area (Å²) in [4.78, 5) is -0.225. The van der Waals surface area contributed by atoms with Crippen LogP contribution in [0.15, 0.2) is 48.8 Å². The molecule has 1 aliphatic carbocycles. The van der Waals surface area contributed by atoms with Crippen LogP contribution in [0.3, 0.4) is 0 Å². The van der Waals surface area contributed by atoms with Crippen LogP contribution in [0, 0.1) is 0 Å². The van der Waals surface area contributed by atoms with Crippen molar-refractivity contribution in [1.29, 1.82) is 0 Å². The molecule has 1 aliphatic rings. The second kappa shape index (κ2) is 3.89. The quantitative estimate of drug-likeness (QED) is 0.786. The van der Waals surface area contributed by atoms with Gasteiger partial charge in [0.05, 0.1) is 4.83 Å². The second-order valence-corrected chi connectivity index (χ2v) is 7.09. The van der Waals surface area contributed by atoms with E-state index in [0.29, 0.717) is 0 Å². The van der Waals surface area contributed by atoms with Crippen molar-refractivity contribution >= 4 is 26.0 Å². The van der Waals surface area contributed by atoms with E-state index in [4.69, 9.17) is 0 Å². The van der Waals surface area contributed by atoms with Crippen molar-refractivity contribution in [2.45, 2.75) is 16.5 Å². The maximum atomic E-state index is 12.4. The normalized spacial score (nSPS) is 29.5. The third-order valence-electron chi connectivity index (χ3n) is 2.78. The van der Waals surface area contributed by atoms with E-state index < -0.39 is 14.8 Å². The maximum absolute atomic E-state index is 12.4. The molecule has 2 unspecified atom stereocenters. The minimum absolute atomic E-state index is 0.225. The van der Waals surface area contributed by atoms with Gasteiger partial charge in [-0.25, -0.2) is 8.42 Å². The zero-order chi connectivity index (χ0) is 11.8. The molecule has 0 aromatic carbocycles. The van der Waals surface area contributed by atoms with Crippen LogP contribution in [-0.4, -0.2) is 22.0 Å². The van der Waals surface area contributed by atoms with Gasteiger partial charge in [0, 0.05) is 12.4 Å². The van der Waals surface area contributed by atoms with E-state index in [0.717, 1.165) is 0 Å². The maximum Gasteiger partial charge on any atom is 0.248 e. The first-order valence-corrected chi connectivity index (χ1v) is 7.22. The van der Waals surface area contributed by atoms with E-state index in [1.54, 1.807) is 43.6 Å². The lowest BCUT2D eigenvalue weighted by Gasteiger charge is -2.31. The van der Waals surface area contributed by atoms with Crippen molar-refractivity contribution in [2.24, 2.45) is 0 Å². The van der Waals surface area contributed by atoms with Gasteiger partial charge < -0.3 is 0 Å². The van der Waals surface area contributed by atoms with Gasteiger partial charge >= 0.3 is 0 Å². The first kappa shape index (κ1) is 11.7. The fourth-order valence-corrected chi connectivity index (χ4v) is 4.19. The Morgan fingerprint density at radius 3 is 2.44 bits per heavy atom. The molecule has 3 nitrogen and oxygen atoms in total. The minimum atomic E-state index is -3.44. The van der Waals surface area contributed by atoms with Gasteiger partial charge in [-0.05, 0) is 19.1 Å². The van der Waals surface area contributed by atoms with E-state index in [2.05, 4.69) is 15.9 Å². The van der Waals surface area contributed by atoms with Crippen LogP contribution in [0.2, 0.25) is 0 Å². The summed E-state index contributed by atoms with van der Waals surface area (Å²) in [6, 6.07) is 3.40. The standard InChI is InChI=1S/C11H12BrNO2S/c1-11(7-3-2-6-10(11)12)16(14,15)13-8-4-5-9-13/h2-10H,1H3. The fourth-order valence-electron chi connectivity index (χ4n) is 1.63. The van der Waals surface area contributed by atoms with Crippen LogP contribution in [-0.2, 0) is 10.0 Å². The molecule has 1 aromatic heterocycles. The van der Waals surface area contributed by atoms with Crippen molar-refractivity contribution in [3.63, 3.8) is 0 Å². The second-order valence-electron chi connectivity index (χ2n) is 3.85. The number of aromatic nitrogens is 1. The molecule has 0 saturated heterocycles. The highest BCUT2D eigenvalue weighted by Crippen LogP contribution is 2.33. The summed E-state index contributed by atoms with van der Waals surface area (Å²) in [5, 5.41) is 0. The van der Waals surface area contributed by atoms with Gasteiger partial charge in [0.15, 0.2) is 0 Å². The van der Waals surface area contributed by atoms with Gasteiger partial charge in [-0.2, -0.15) is 0 Å². The number of alkyl halides is 1. The van der Waals surface area contributed by atoms with Gasteiger partial charge in [0.25, 0.3) is 0 Å². The van der Waals surface area contributed by atoms with Gasteiger partial charge in [-0.1, -0.05) is 40.2 Å². The fraction of sp³-hybridized carbons (Fsp3) is 0.273. The molecule has 0 amide bonds. The molecule has 0 spiro atoms. The van der Waals surface area contributed by atoms with Crippen LogP contribution in [0.1, 0.15) is 6.92 Å². The average molecular weight is 302 g/mol. The molecule has 0 radical (unpaired) electrons. The number of hydrogen-bond donors (Lipinski definition) is 0. The Morgan fingerprint density at radius 2 is 1.88 bits per heavy atom. The van der Waals surface area contributed by atoms with E-state index in [1.807, 2.05) is 12.2 Å². The van der Waals surface area contributed by atoms with E-state index in [-0.39, 0.29) is 4.83 Å². The van der Waals surface area contributed by atoms with Gasteiger partial charge in [-0.3, -0.25) is 3.97 Å². The van der Waals surface area contributed by atoms with Crippen molar-refractivity contribution in [2.75, 3.05) is 0 Å². The lowest BCUT2D eigenvalue weighted by atomic mass is 10.0. The summed E-state index contributed by atoms with van der Waals surface area (Å²) in [6.07, 6.45) is 10.2. The highest BCUT2D eigenvalue weighted by molar-refractivity contribution is 9.09. The topological polar surface area (TPSA) is 39.1 Å². The first-order valence-electron chi connectivity index (χ1n) is 4.87. The number of rotatable bonds is 2. The summed E-state index contributed by atoms with van der Waals surface area (Å²) in [5.41, 5.74) is 0. The first-order chi connectivity index (χ1) is 7.48. The summed E-state index contributed by atoms with van der Waals surface area (Å²) < 4.78 is 25.2. The minimum Gasteiger partial charge on any atom is -0.252 e. The van der Waals surface area contributed by atoms with E-state index in [1.165, 1.54) is 3.97 Å². The predicted molar refractivity (Wildman–Crippen MR) is 68.1 cm³/mol. The van der Waals surface area contributed by atoms with E-state index in [9.17, 15) is 8.42 Å². The summed E-state index contributed by atoms with van der Waals surface area (Å²) >= 11 is 3.40. The third kappa shape index (κ3) is 1.58. The average Bonchev–Trinajstić information content (AvgIpc) is 2.76. The molecule has 0 N–H and O–H groups in total. The van der Waals surface area contributed by atoms with E-state index >= 15 is 0 Å². The molecule has 1 aromatic rings. The molecule has 1 heterocycles. The van der Waals surface area contributed by atoms with Crippen LogP contribution < -0.4 is 0 Å². The molecule has 0 fully saturated rings. The van der Waals surface area contributed by atoms with Gasteiger partial charge in [-0.15, -0.1) is 0 Å². The number of allylic oxidation sites excluding steroid dienone is 3. The number of halogens is 1. The molecule has 0 bridgehead atoms. The molecule has 16 heavy (non-hydrogen) atoms. The molecule has 0 saturated carbocycles. The van der Waals surface area contributed by atoms with Crippen LogP contribution in [0.5, 0.6) is 0 Å². The summed E-state index contributed by atoms with van der Waals surface area (Å²) in [5.74, 6) is 0. The molecular formula is C11H12BrNO2S. The largest absolute Gasteiger partial charge is 0.252 e. The lowest BCUT2D eigenvalue weighted by molar-refractivity contribution is 0.556. The smallest absolute Gasteiger partial charge is 0.248 e. The van der Waals surface area contributed by atoms with Crippen molar-refractivity contribution in [3.8, 4) is 0 Å². The van der Waals surface area contributed by atoms with Crippen LogP contribution >= 0.6 is 15.9 Å². The Balaban J connectivity index is 2.53. The lowest BCUT2D eigenvalue weighted by Crippen LogP contribution is -2.44. The molecular weight excluding hydrogens is 290 g/mol. The monoisotopic (exact) mass is 301 g/mol. The highest BCUT2D eigenvalue weighted by Gasteiger charge is 2.43. The molecule has 0 aliphatic heterocycles. The Kier molecular flexibility index (Phi) is 2.84. The third-order valence-corrected chi connectivity index (χ3v) is 6.64. The van der Waals surface area contributed by atoms with Crippen molar-refractivity contribution in [1.82, 2.24) is 3.97 Å². The van der Waals surface area contributed by atoms with Crippen LogP contribution in [0.25, 0.3) is 0 Å². The summed E-state index contributed by atoms with van der Waals surface area (Å²) in [7, 11) is -3.44. The molecule has 86 valence electrons. The van der Waals surface area contributed by atoms with Crippen LogP contribution in [0.4, 0.5) is 0 Å². The molecule has 5 heteroatoms. The SMILES string of the molecule is CC1(S(=O)(=O)n2cccc2)C=CC=CC1Br.